The van der Waals surface area contributed by atoms with Crippen molar-refractivity contribution in [3.05, 3.63) is 58.3 Å². The highest BCUT2D eigenvalue weighted by Crippen LogP contribution is 2.26. The molecule has 2 aromatic rings. The smallest absolute Gasteiger partial charge is 0.337 e. The molecule has 0 atom stereocenters. The van der Waals surface area contributed by atoms with Crippen LogP contribution < -0.4 is 9.62 Å². The van der Waals surface area contributed by atoms with Gasteiger partial charge in [-0.3, -0.25) is 9.52 Å². The average molecular weight is 478 g/mol. The minimum absolute atomic E-state index is 0.000644. The zero-order chi connectivity index (χ0) is 24.3. The molecule has 1 aliphatic heterocycles. The molecule has 0 saturated carbocycles. The Balaban J connectivity index is 1.64. The first-order valence-corrected chi connectivity index (χ1v) is 11.5. The minimum Gasteiger partial charge on any atom is -0.478 e. The molecule has 1 aromatic carbocycles. The summed E-state index contributed by atoms with van der Waals surface area (Å²) in [4.78, 5) is 29.7. The number of sulfonamides is 1. The van der Waals surface area contributed by atoms with E-state index in [0.29, 0.717) is 18.9 Å². The third kappa shape index (κ3) is 5.61. The summed E-state index contributed by atoms with van der Waals surface area (Å²) in [5.41, 5.74) is 0.268. The number of carboxylic acids is 1. The number of aromatic nitrogens is 1. The summed E-state index contributed by atoms with van der Waals surface area (Å²) in [6.07, 6.45) is 0.553. The highest BCUT2D eigenvalue weighted by atomic mass is 32.2. The van der Waals surface area contributed by atoms with Gasteiger partial charge in [-0.25, -0.2) is 27.0 Å². The van der Waals surface area contributed by atoms with Gasteiger partial charge in [0.15, 0.2) is 11.6 Å². The number of aryl methyl sites for hydroxylation is 1. The summed E-state index contributed by atoms with van der Waals surface area (Å²) in [6.45, 7) is 2.12. The van der Waals surface area contributed by atoms with Gasteiger partial charge in [0.05, 0.1) is 22.6 Å². The van der Waals surface area contributed by atoms with Gasteiger partial charge in [0, 0.05) is 19.0 Å². The Morgan fingerprint density at radius 1 is 1.24 bits per heavy atom. The fourth-order valence-electron chi connectivity index (χ4n) is 3.61. The Kier molecular flexibility index (Phi) is 6.92. The number of rotatable bonds is 6. The second-order valence-corrected chi connectivity index (χ2v) is 9.37. The maximum absolute atomic E-state index is 13.3. The Hall–Kier alpha value is -3.59. The van der Waals surface area contributed by atoms with Gasteiger partial charge in [0.1, 0.15) is 11.9 Å². The third-order valence-electron chi connectivity index (χ3n) is 5.31. The van der Waals surface area contributed by atoms with Crippen LogP contribution in [0.25, 0.3) is 0 Å². The number of aromatic carboxylic acids is 1. The van der Waals surface area contributed by atoms with Crippen molar-refractivity contribution in [2.45, 2.75) is 25.5 Å². The number of carboxylic acid groups (broad SMARTS) is 1. The van der Waals surface area contributed by atoms with Crippen LogP contribution in [0.1, 0.15) is 40.0 Å². The molecule has 1 fully saturated rings. The number of hydrogen-bond acceptors (Lipinski definition) is 7. The van der Waals surface area contributed by atoms with Crippen molar-refractivity contribution in [3.63, 3.8) is 0 Å². The van der Waals surface area contributed by atoms with Crippen LogP contribution in [0.4, 0.5) is 14.6 Å². The van der Waals surface area contributed by atoms with E-state index in [0.717, 1.165) is 18.2 Å². The molecule has 174 valence electrons. The molecular formula is C21H20F2N4O5S. The quantitative estimate of drug-likeness (QED) is 0.643. The lowest BCUT2D eigenvalue weighted by Crippen LogP contribution is -2.43. The van der Waals surface area contributed by atoms with Gasteiger partial charge in [0.2, 0.25) is 15.9 Å². The molecule has 1 saturated heterocycles. The van der Waals surface area contributed by atoms with E-state index in [1.165, 1.54) is 13.0 Å². The van der Waals surface area contributed by atoms with Crippen molar-refractivity contribution in [2.75, 3.05) is 18.0 Å². The lowest BCUT2D eigenvalue weighted by Gasteiger charge is -2.32. The van der Waals surface area contributed by atoms with E-state index in [1.54, 1.807) is 4.90 Å². The molecule has 0 radical (unpaired) electrons. The minimum atomic E-state index is -4.12. The van der Waals surface area contributed by atoms with Crippen LogP contribution in [0.3, 0.4) is 0 Å². The number of nitrogens with zero attached hydrogens (tertiary/aromatic N) is 3. The van der Waals surface area contributed by atoms with Crippen molar-refractivity contribution in [1.29, 1.82) is 5.26 Å². The molecule has 0 bridgehead atoms. The Morgan fingerprint density at radius 2 is 1.91 bits per heavy atom. The Bertz CT molecular complexity index is 1250. The molecule has 0 spiro atoms. The normalized spacial score (nSPS) is 14.5. The number of carbonyl (C=O) groups is 2. The fourth-order valence-corrected chi connectivity index (χ4v) is 4.77. The van der Waals surface area contributed by atoms with Gasteiger partial charge >= 0.3 is 5.97 Å². The molecule has 0 unspecified atom stereocenters. The van der Waals surface area contributed by atoms with Gasteiger partial charge < -0.3 is 10.0 Å². The molecule has 3 rings (SSSR count). The van der Waals surface area contributed by atoms with Crippen molar-refractivity contribution >= 4 is 27.7 Å². The summed E-state index contributed by atoms with van der Waals surface area (Å²) in [6, 6.07) is 5.88. The van der Waals surface area contributed by atoms with Crippen LogP contribution >= 0.6 is 0 Å². The topological polar surface area (TPSA) is 140 Å². The van der Waals surface area contributed by atoms with Crippen molar-refractivity contribution in [1.82, 2.24) is 9.71 Å². The average Bonchev–Trinajstić information content (AvgIpc) is 2.75. The second-order valence-electron chi connectivity index (χ2n) is 7.64. The molecule has 9 nitrogen and oxygen atoms in total. The van der Waals surface area contributed by atoms with Crippen LogP contribution in [0.2, 0.25) is 0 Å². The van der Waals surface area contributed by atoms with Crippen LogP contribution in [-0.4, -0.2) is 43.5 Å². The zero-order valence-electron chi connectivity index (χ0n) is 17.5. The maximum atomic E-state index is 13.3. The highest BCUT2D eigenvalue weighted by molar-refractivity contribution is 7.89. The molecule has 33 heavy (non-hydrogen) atoms. The van der Waals surface area contributed by atoms with Crippen molar-refractivity contribution < 1.29 is 31.9 Å². The monoisotopic (exact) mass is 478 g/mol. The number of benzene rings is 1. The largest absolute Gasteiger partial charge is 0.478 e. The van der Waals surface area contributed by atoms with E-state index < -0.39 is 45.2 Å². The SMILES string of the molecule is Cc1nc(N2CCC(C(=O)NS(=O)(=O)Cc3ccc(F)c(F)c3)CC2)c(C#N)cc1C(=O)O. The van der Waals surface area contributed by atoms with Crippen molar-refractivity contribution in [3.8, 4) is 6.07 Å². The predicted octanol–water partition coefficient (Wildman–Crippen LogP) is 2.10. The van der Waals surface area contributed by atoms with E-state index >= 15 is 0 Å². The zero-order valence-corrected chi connectivity index (χ0v) is 18.3. The van der Waals surface area contributed by atoms with Crippen LogP contribution in [0.5, 0.6) is 0 Å². The number of carbonyl (C=O) groups excluding carboxylic acids is 1. The summed E-state index contributed by atoms with van der Waals surface area (Å²) in [5.74, 6) is -5.17. The molecule has 1 aromatic heterocycles. The molecule has 2 N–H and O–H groups in total. The van der Waals surface area contributed by atoms with Gasteiger partial charge in [-0.15, -0.1) is 0 Å². The van der Waals surface area contributed by atoms with Crippen molar-refractivity contribution in [2.24, 2.45) is 5.92 Å². The number of pyridine rings is 1. The molecular weight excluding hydrogens is 458 g/mol. The summed E-state index contributed by atoms with van der Waals surface area (Å²) >= 11 is 0. The summed E-state index contributed by atoms with van der Waals surface area (Å²) in [7, 11) is -4.12. The van der Waals surface area contributed by atoms with Gasteiger partial charge in [-0.05, 0) is 43.5 Å². The van der Waals surface area contributed by atoms with E-state index in [9.17, 15) is 37.2 Å². The number of nitriles is 1. The van der Waals surface area contributed by atoms with Crippen LogP contribution in [0.15, 0.2) is 24.3 Å². The van der Waals surface area contributed by atoms with Crippen LogP contribution in [-0.2, 0) is 20.6 Å². The second kappa shape index (κ2) is 9.50. The number of piperidine rings is 1. The molecule has 0 aliphatic carbocycles. The van der Waals surface area contributed by atoms with E-state index in [4.69, 9.17) is 0 Å². The molecule has 12 heteroatoms. The van der Waals surface area contributed by atoms with E-state index in [-0.39, 0.29) is 35.2 Å². The molecule has 1 aliphatic rings. The summed E-state index contributed by atoms with van der Waals surface area (Å²) in [5, 5.41) is 18.6. The first-order valence-electron chi connectivity index (χ1n) is 9.89. The van der Waals surface area contributed by atoms with Gasteiger partial charge in [-0.2, -0.15) is 5.26 Å². The maximum Gasteiger partial charge on any atom is 0.337 e. The van der Waals surface area contributed by atoms with E-state index in [2.05, 4.69) is 4.98 Å². The number of halogens is 2. The number of nitrogens with one attached hydrogen (secondary N) is 1. The fraction of sp³-hybridized carbons (Fsp3) is 0.333. The molecule has 1 amide bonds. The lowest BCUT2D eigenvalue weighted by atomic mass is 9.96. The standard InChI is InChI=1S/C21H20F2N4O5S/c1-12-16(21(29)30)9-15(10-24)19(25-12)27-6-4-14(5-7-27)20(28)26-33(31,32)11-13-2-3-17(22)18(23)8-13/h2-3,8-9,14H,4-7,11H2,1H3,(H,26,28)(H,29,30). The summed E-state index contributed by atoms with van der Waals surface area (Å²) < 4.78 is 52.9. The highest BCUT2D eigenvalue weighted by Gasteiger charge is 2.30. The predicted molar refractivity (Wildman–Crippen MR) is 113 cm³/mol. The van der Waals surface area contributed by atoms with Crippen LogP contribution in [0, 0.1) is 35.8 Å². The lowest BCUT2D eigenvalue weighted by molar-refractivity contribution is -0.123. The number of anilines is 1. The van der Waals surface area contributed by atoms with Gasteiger partial charge in [-0.1, -0.05) is 6.07 Å². The first kappa shape index (κ1) is 24.1. The van der Waals surface area contributed by atoms with Gasteiger partial charge in [0.25, 0.3) is 0 Å². The number of hydrogen-bond donors (Lipinski definition) is 2. The Morgan fingerprint density at radius 3 is 2.48 bits per heavy atom. The third-order valence-corrected chi connectivity index (χ3v) is 6.53. The molecule has 2 heterocycles. The number of amides is 1. The van der Waals surface area contributed by atoms with E-state index in [1.807, 2.05) is 10.8 Å². The first-order chi connectivity index (χ1) is 15.5. The Labute approximate surface area is 188 Å².